The fourth-order valence-corrected chi connectivity index (χ4v) is 2.75. The lowest BCUT2D eigenvalue weighted by Gasteiger charge is -2.34. The molecule has 0 amide bonds. The molecule has 0 radical (unpaired) electrons. The molecule has 20 heavy (non-hydrogen) atoms. The maximum Gasteiger partial charge on any atom is 0.0388 e. The first-order valence-corrected chi connectivity index (χ1v) is 7.25. The molecule has 0 atom stereocenters. The number of pyridine rings is 1. The van der Waals surface area contributed by atoms with Crippen molar-refractivity contribution < 1.29 is 0 Å². The number of hydrogen-bond acceptors (Lipinski definition) is 3. The molecule has 0 spiro atoms. The predicted molar refractivity (Wildman–Crippen MR) is 80.2 cm³/mol. The highest BCUT2D eigenvalue weighted by atomic mass is 15.3. The molecule has 0 saturated carbocycles. The van der Waals surface area contributed by atoms with Crippen LogP contribution < -0.4 is 0 Å². The summed E-state index contributed by atoms with van der Waals surface area (Å²) in [6, 6.07) is 8.50. The zero-order valence-electron chi connectivity index (χ0n) is 12.1. The standard InChI is InChI=1S/C16H22N4/c1-18-7-3-5-16(18)14-20-10-8-19(9-11-20)13-15-4-2-6-17-12-15/h2-7,12H,8-11,13-14H2,1H3. The zero-order valence-corrected chi connectivity index (χ0v) is 12.1. The summed E-state index contributed by atoms with van der Waals surface area (Å²) in [5.41, 5.74) is 2.70. The van der Waals surface area contributed by atoms with Crippen LogP contribution in [0.1, 0.15) is 11.3 Å². The van der Waals surface area contributed by atoms with Crippen molar-refractivity contribution in [1.82, 2.24) is 19.4 Å². The molecule has 0 unspecified atom stereocenters. The zero-order chi connectivity index (χ0) is 13.8. The summed E-state index contributed by atoms with van der Waals surface area (Å²) >= 11 is 0. The third kappa shape index (κ3) is 3.26. The monoisotopic (exact) mass is 270 g/mol. The topological polar surface area (TPSA) is 24.3 Å². The lowest BCUT2D eigenvalue weighted by Crippen LogP contribution is -2.45. The molecule has 1 aliphatic rings. The largest absolute Gasteiger partial charge is 0.353 e. The first-order chi connectivity index (χ1) is 9.81. The van der Waals surface area contributed by atoms with Gasteiger partial charge in [0.15, 0.2) is 0 Å². The van der Waals surface area contributed by atoms with Crippen LogP contribution in [0.2, 0.25) is 0 Å². The first kappa shape index (κ1) is 13.3. The van der Waals surface area contributed by atoms with Gasteiger partial charge in [-0.25, -0.2) is 0 Å². The van der Waals surface area contributed by atoms with Crippen molar-refractivity contribution in [2.45, 2.75) is 13.1 Å². The summed E-state index contributed by atoms with van der Waals surface area (Å²) in [7, 11) is 2.12. The second-order valence-corrected chi connectivity index (χ2v) is 5.52. The van der Waals surface area contributed by atoms with E-state index in [1.807, 2.05) is 18.5 Å². The minimum atomic E-state index is 1.02. The van der Waals surface area contributed by atoms with Crippen molar-refractivity contribution in [2.75, 3.05) is 26.2 Å². The van der Waals surface area contributed by atoms with E-state index in [1.165, 1.54) is 11.3 Å². The molecule has 1 saturated heterocycles. The number of rotatable bonds is 4. The van der Waals surface area contributed by atoms with E-state index in [2.05, 4.69) is 50.8 Å². The Morgan fingerprint density at radius 1 is 1.00 bits per heavy atom. The summed E-state index contributed by atoms with van der Waals surface area (Å²) in [6.07, 6.45) is 5.92. The SMILES string of the molecule is Cn1cccc1CN1CCN(Cc2cccnc2)CC1. The summed E-state index contributed by atoms with van der Waals surface area (Å²) < 4.78 is 2.21. The van der Waals surface area contributed by atoms with E-state index in [9.17, 15) is 0 Å². The van der Waals surface area contributed by atoms with Crippen LogP contribution in [-0.4, -0.2) is 45.5 Å². The number of aromatic nitrogens is 2. The van der Waals surface area contributed by atoms with Gasteiger partial charge in [-0.15, -0.1) is 0 Å². The normalized spacial score (nSPS) is 17.4. The number of nitrogens with zero attached hydrogens (tertiary/aromatic N) is 4. The van der Waals surface area contributed by atoms with Gasteiger partial charge in [0.05, 0.1) is 0 Å². The van der Waals surface area contributed by atoms with E-state index < -0.39 is 0 Å². The fraction of sp³-hybridized carbons (Fsp3) is 0.438. The van der Waals surface area contributed by atoms with E-state index in [1.54, 1.807) is 0 Å². The molecule has 106 valence electrons. The van der Waals surface area contributed by atoms with Gasteiger partial charge in [0.25, 0.3) is 0 Å². The average Bonchev–Trinajstić information content (AvgIpc) is 2.88. The van der Waals surface area contributed by atoms with E-state index in [4.69, 9.17) is 0 Å². The predicted octanol–water partition coefficient (Wildman–Crippen LogP) is 1.74. The molecule has 4 nitrogen and oxygen atoms in total. The fourth-order valence-electron chi connectivity index (χ4n) is 2.75. The van der Waals surface area contributed by atoms with E-state index in [-0.39, 0.29) is 0 Å². The maximum atomic E-state index is 4.18. The molecule has 2 aromatic heterocycles. The van der Waals surface area contributed by atoms with Gasteiger partial charge in [0.1, 0.15) is 0 Å². The Kier molecular flexibility index (Phi) is 4.14. The lowest BCUT2D eigenvalue weighted by molar-refractivity contribution is 0.120. The molecular formula is C16H22N4. The van der Waals surface area contributed by atoms with Gasteiger partial charge >= 0.3 is 0 Å². The third-order valence-electron chi connectivity index (χ3n) is 4.03. The van der Waals surface area contributed by atoms with E-state index in [0.717, 1.165) is 39.3 Å². The lowest BCUT2D eigenvalue weighted by atomic mass is 10.2. The summed E-state index contributed by atoms with van der Waals surface area (Å²) in [5, 5.41) is 0. The van der Waals surface area contributed by atoms with Gasteiger partial charge in [0, 0.05) is 70.6 Å². The Morgan fingerprint density at radius 2 is 1.75 bits per heavy atom. The second kappa shape index (κ2) is 6.20. The van der Waals surface area contributed by atoms with Gasteiger partial charge < -0.3 is 4.57 Å². The first-order valence-electron chi connectivity index (χ1n) is 7.25. The van der Waals surface area contributed by atoms with Gasteiger partial charge in [0.2, 0.25) is 0 Å². The van der Waals surface area contributed by atoms with Gasteiger partial charge in [-0.05, 0) is 23.8 Å². The Hall–Kier alpha value is -1.65. The Labute approximate surface area is 120 Å². The highest BCUT2D eigenvalue weighted by molar-refractivity contribution is 5.09. The summed E-state index contributed by atoms with van der Waals surface area (Å²) in [4.78, 5) is 9.23. The molecule has 0 aliphatic carbocycles. The van der Waals surface area contributed by atoms with Crippen molar-refractivity contribution in [3.63, 3.8) is 0 Å². The quantitative estimate of drug-likeness (QED) is 0.846. The average molecular weight is 270 g/mol. The Morgan fingerprint density at radius 3 is 2.35 bits per heavy atom. The molecule has 4 heteroatoms. The van der Waals surface area contributed by atoms with Crippen LogP contribution in [0.15, 0.2) is 42.9 Å². The maximum absolute atomic E-state index is 4.18. The smallest absolute Gasteiger partial charge is 0.0388 e. The molecule has 1 aliphatic heterocycles. The van der Waals surface area contributed by atoms with Crippen LogP contribution in [0.25, 0.3) is 0 Å². The van der Waals surface area contributed by atoms with Gasteiger partial charge in [-0.3, -0.25) is 14.8 Å². The Bertz CT molecular complexity index is 526. The third-order valence-corrected chi connectivity index (χ3v) is 4.03. The molecular weight excluding hydrogens is 248 g/mol. The molecule has 2 aromatic rings. The molecule has 1 fully saturated rings. The van der Waals surface area contributed by atoms with Crippen molar-refractivity contribution >= 4 is 0 Å². The van der Waals surface area contributed by atoms with Crippen LogP contribution in [0, 0.1) is 0 Å². The number of hydrogen-bond donors (Lipinski definition) is 0. The van der Waals surface area contributed by atoms with Gasteiger partial charge in [-0.1, -0.05) is 6.07 Å². The van der Waals surface area contributed by atoms with Crippen LogP contribution in [0.4, 0.5) is 0 Å². The summed E-state index contributed by atoms with van der Waals surface area (Å²) in [5.74, 6) is 0. The van der Waals surface area contributed by atoms with Gasteiger partial charge in [-0.2, -0.15) is 0 Å². The Balaban J connectivity index is 1.49. The highest BCUT2D eigenvalue weighted by Crippen LogP contribution is 2.11. The second-order valence-electron chi connectivity index (χ2n) is 5.52. The molecule has 0 bridgehead atoms. The number of piperazine rings is 1. The molecule has 0 N–H and O–H groups in total. The van der Waals surface area contributed by atoms with Crippen molar-refractivity contribution in [2.24, 2.45) is 7.05 Å². The van der Waals surface area contributed by atoms with Crippen molar-refractivity contribution in [3.8, 4) is 0 Å². The van der Waals surface area contributed by atoms with Crippen LogP contribution in [0.5, 0.6) is 0 Å². The molecule has 3 rings (SSSR count). The summed E-state index contributed by atoms with van der Waals surface area (Å²) in [6.45, 7) is 6.64. The van der Waals surface area contributed by atoms with Crippen LogP contribution in [-0.2, 0) is 20.1 Å². The van der Waals surface area contributed by atoms with Crippen LogP contribution >= 0.6 is 0 Å². The van der Waals surface area contributed by atoms with E-state index in [0.29, 0.717) is 0 Å². The minimum Gasteiger partial charge on any atom is -0.353 e. The van der Waals surface area contributed by atoms with Crippen molar-refractivity contribution in [1.29, 1.82) is 0 Å². The van der Waals surface area contributed by atoms with Crippen LogP contribution in [0.3, 0.4) is 0 Å². The minimum absolute atomic E-state index is 1.02. The molecule has 0 aromatic carbocycles. The molecule has 3 heterocycles. The van der Waals surface area contributed by atoms with Crippen molar-refractivity contribution in [3.05, 3.63) is 54.1 Å². The number of aryl methyl sites for hydroxylation is 1. The van der Waals surface area contributed by atoms with E-state index >= 15 is 0 Å². The highest BCUT2D eigenvalue weighted by Gasteiger charge is 2.17.